The van der Waals surface area contributed by atoms with E-state index in [1.807, 2.05) is 54.8 Å². The molecule has 0 saturated carbocycles. The zero-order chi connectivity index (χ0) is 22.4. The molecule has 3 rings (SSSR count). The van der Waals surface area contributed by atoms with Gasteiger partial charge < -0.3 is 19.1 Å². The monoisotopic (exact) mass is 428 g/mol. The van der Waals surface area contributed by atoms with E-state index in [1.54, 1.807) is 6.92 Å². The van der Waals surface area contributed by atoms with E-state index in [1.165, 1.54) is 0 Å². The number of carbonyl (C=O) groups excluding carboxylic acids is 2. The summed E-state index contributed by atoms with van der Waals surface area (Å²) in [6, 6.07) is 7.64. The lowest BCUT2D eigenvalue weighted by molar-refractivity contribution is -0.133. The molecule has 1 aliphatic rings. The van der Waals surface area contributed by atoms with E-state index in [0.29, 0.717) is 50.8 Å². The standard InChI is InChI=1S/C23H32N4O4/c1-5-30-20-8-6-18(7-9-20)14-22(29)26-12-10-19(15-26)27(17(4)28)13-11-21-24-23(16(2)3)31-25-21/h6-9,16,19H,5,10-15H2,1-4H3. The van der Waals surface area contributed by atoms with Crippen molar-refractivity contribution >= 4 is 11.8 Å². The number of carbonyl (C=O) groups is 2. The van der Waals surface area contributed by atoms with Crippen molar-refractivity contribution in [3.63, 3.8) is 0 Å². The third kappa shape index (κ3) is 6.06. The van der Waals surface area contributed by atoms with E-state index < -0.39 is 0 Å². The molecule has 0 bridgehead atoms. The summed E-state index contributed by atoms with van der Waals surface area (Å²) in [5.41, 5.74) is 0.957. The minimum atomic E-state index is -0.00149. The van der Waals surface area contributed by atoms with Crippen molar-refractivity contribution in [2.45, 2.75) is 58.9 Å². The number of amides is 2. The van der Waals surface area contributed by atoms with Gasteiger partial charge in [-0.25, -0.2) is 0 Å². The number of benzene rings is 1. The predicted molar refractivity (Wildman–Crippen MR) is 116 cm³/mol. The van der Waals surface area contributed by atoms with Crippen LogP contribution in [0.4, 0.5) is 0 Å². The molecule has 1 unspecified atom stereocenters. The summed E-state index contributed by atoms with van der Waals surface area (Å²) in [5, 5.41) is 4.01. The van der Waals surface area contributed by atoms with Crippen LogP contribution in [0.1, 0.15) is 57.3 Å². The summed E-state index contributed by atoms with van der Waals surface area (Å²) in [7, 11) is 0. The van der Waals surface area contributed by atoms with Crippen LogP contribution in [0, 0.1) is 0 Å². The summed E-state index contributed by atoms with van der Waals surface area (Å²) in [6.45, 7) is 9.84. The number of hydrogen-bond acceptors (Lipinski definition) is 6. The van der Waals surface area contributed by atoms with Crippen molar-refractivity contribution in [1.82, 2.24) is 19.9 Å². The average molecular weight is 429 g/mol. The Bertz CT molecular complexity index is 878. The Balaban J connectivity index is 1.53. The van der Waals surface area contributed by atoms with Crippen molar-refractivity contribution in [1.29, 1.82) is 0 Å². The maximum atomic E-state index is 12.8. The van der Waals surface area contributed by atoms with Crippen LogP contribution in [0.5, 0.6) is 5.75 Å². The van der Waals surface area contributed by atoms with Crippen LogP contribution in [0.2, 0.25) is 0 Å². The second kappa shape index (κ2) is 10.4. The highest BCUT2D eigenvalue weighted by molar-refractivity contribution is 5.79. The number of likely N-dealkylation sites (tertiary alicyclic amines) is 1. The maximum absolute atomic E-state index is 12.8. The second-order valence-electron chi connectivity index (χ2n) is 8.20. The molecule has 0 spiro atoms. The van der Waals surface area contributed by atoms with E-state index in [2.05, 4.69) is 10.1 Å². The van der Waals surface area contributed by atoms with Gasteiger partial charge in [-0.05, 0) is 31.0 Å². The molecule has 0 radical (unpaired) electrons. The summed E-state index contributed by atoms with van der Waals surface area (Å²) >= 11 is 0. The molecule has 0 N–H and O–H groups in total. The van der Waals surface area contributed by atoms with E-state index in [9.17, 15) is 9.59 Å². The molecule has 8 nitrogen and oxygen atoms in total. The van der Waals surface area contributed by atoms with Gasteiger partial charge in [0.15, 0.2) is 5.82 Å². The first-order valence-electron chi connectivity index (χ1n) is 11.0. The molecule has 1 aliphatic heterocycles. The second-order valence-corrected chi connectivity index (χ2v) is 8.20. The Morgan fingerprint density at radius 2 is 2.03 bits per heavy atom. The summed E-state index contributed by atoms with van der Waals surface area (Å²) in [6.07, 6.45) is 1.66. The van der Waals surface area contributed by atoms with Gasteiger partial charge in [0.25, 0.3) is 0 Å². The van der Waals surface area contributed by atoms with Gasteiger partial charge >= 0.3 is 0 Å². The molecule has 1 saturated heterocycles. The van der Waals surface area contributed by atoms with Crippen molar-refractivity contribution in [2.75, 3.05) is 26.2 Å². The topological polar surface area (TPSA) is 88.8 Å². The van der Waals surface area contributed by atoms with E-state index in [-0.39, 0.29) is 23.8 Å². The van der Waals surface area contributed by atoms with E-state index >= 15 is 0 Å². The van der Waals surface area contributed by atoms with Crippen molar-refractivity contribution in [2.24, 2.45) is 0 Å². The zero-order valence-electron chi connectivity index (χ0n) is 18.8. The fourth-order valence-corrected chi connectivity index (χ4v) is 3.80. The Labute approximate surface area is 183 Å². The molecule has 2 aromatic rings. The number of aromatic nitrogens is 2. The molecule has 1 fully saturated rings. The van der Waals surface area contributed by atoms with Crippen molar-refractivity contribution in [3.8, 4) is 5.75 Å². The van der Waals surface area contributed by atoms with Crippen molar-refractivity contribution < 1.29 is 18.8 Å². The molecule has 0 aliphatic carbocycles. The molecule has 168 valence electrons. The van der Waals surface area contributed by atoms with Crippen LogP contribution in [-0.2, 0) is 22.4 Å². The zero-order valence-corrected chi connectivity index (χ0v) is 18.8. The first-order valence-corrected chi connectivity index (χ1v) is 11.0. The lowest BCUT2D eigenvalue weighted by atomic mass is 10.1. The van der Waals surface area contributed by atoms with Crippen LogP contribution in [0.15, 0.2) is 28.8 Å². The molecule has 1 atom stereocenters. The van der Waals surface area contributed by atoms with Crippen molar-refractivity contribution in [3.05, 3.63) is 41.5 Å². The fraction of sp³-hybridized carbons (Fsp3) is 0.565. The Morgan fingerprint density at radius 1 is 1.29 bits per heavy atom. The molecular formula is C23H32N4O4. The first kappa shape index (κ1) is 22.8. The highest BCUT2D eigenvalue weighted by Gasteiger charge is 2.31. The maximum Gasteiger partial charge on any atom is 0.229 e. The summed E-state index contributed by atoms with van der Waals surface area (Å²) < 4.78 is 10.7. The van der Waals surface area contributed by atoms with Gasteiger partial charge in [0.1, 0.15) is 5.75 Å². The van der Waals surface area contributed by atoms with E-state index in [4.69, 9.17) is 9.26 Å². The predicted octanol–water partition coefficient (Wildman–Crippen LogP) is 2.83. The van der Waals surface area contributed by atoms with Gasteiger partial charge in [-0.3, -0.25) is 9.59 Å². The molecule has 2 amide bonds. The molecule has 31 heavy (non-hydrogen) atoms. The normalized spacial score (nSPS) is 16.0. The first-order chi connectivity index (χ1) is 14.9. The van der Waals surface area contributed by atoms with Crippen LogP contribution < -0.4 is 4.74 Å². The fourth-order valence-electron chi connectivity index (χ4n) is 3.80. The highest BCUT2D eigenvalue weighted by Crippen LogP contribution is 2.19. The third-order valence-corrected chi connectivity index (χ3v) is 5.51. The number of ether oxygens (including phenoxy) is 1. The molecule has 1 aromatic heterocycles. The number of hydrogen-bond donors (Lipinski definition) is 0. The SMILES string of the molecule is CCOc1ccc(CC(=O)N2CCC(N(CCc3noc(C(C)C)n3)C(C)=O)C2)cc1. The van der Waals surface area contributed by atoms with Gasteiger partial charge in [0.05, 0.1) is 19.1 Å². The Hall–Kier alpha value is -2.90. The Kier molecular flexibility index (Phi) is 7.65. The van der Waals surface area contributed by atoms with Crippen LogP contribution in [0.3, 0.4) is 0 Å². The molecule has 1 aromatic carbocycles. The van der Waals surface area contributed by atoms with Crippen LogP contribution in [0.25, 0.3) is 0 Å². The summed E-state index contributed by atoms with van der Waals surface area (Å²) in [5.74, 6) is 2.27. The lowest BCUT2D eigenvalue weighted by Gasteiger charge is -2.27. The third-order valence-electron chi connectivity index (χ3n) is 5.51. The molecule has 2 heterocycles. The quantitative estimate of drug-likeness (QED) is 0.610. The average Bonchev–Trinajstić information content (AvgIpc) is 3.40. The van der Waals surface area contributed by atoms with Gasteiger partial charge in [-0.1, -0.05) is 31.1 Å². The van der Waals surface area contributed by atoms with E-state index in [0.717, 1.165) is 17.7 Å². The number of nitrogens with zero attached hydrogens (tertiary/aromatic N) is 4. The molecule has 8 heteroatoms. The summed E-state index contributed by atoms with van der Waals surface area (Å²) in [4.78, 5) is 33.1. The largest absolute Gasteiger partial charge is 0.494 e. The smallest absolute Gasteiger partial charge is 0.229 e. The van der Waals surface area contributed by atoms with Gasteiger partial charge in [-0.15, -0.1) is 0 Å². The van der Waals surface area contributed by atoms with Crippen LogP contribution in [-0.4, -0.2) is 64.0 Å². The Morgan fingerprint density at radius 3 is 2.65 bits per heavy atom. The lowest BCUT2D eigenvalue weighted by Crippen LogP contribution is -2.43. The molecular weight excluding hydrogens is 396 g/mol. The van der Waals surface area contributed by atoms with Gasteiger partial charge in [0.2, 0.25) is 17.7 Å². The van der Waals surface area contributed by atoms with Crippen LogP contribution >= 0.6 is 0 Å². The van der Waals surface area contributed by atoms with Gasteiger partial charge in [0, 0.05) is 38.9 Å². The minimum absolute atomic E-state index is 0.00149. The minimum Gasteiger partial charge on any atom is -0.494 e. The highest BCUT2D eigenvalue weighted by atomic mass is 16.5. The number of rotatable bonds is 9. The van der Waals surface area contributed by atoms with Gasteiger partial charge in [-0.2, -0.15) is 4.98 Å².